The van der Waals surface area contributed by atoms with Crippen LogP contribution in [0.1, 0.15) is 5.56 Å². The molecule has 0 aliphatic rings. The summed E-state index contributed by atoms with van der Waals surface area (Å²) in [5.74, 6) is -0.495. The van der Waals surface area contributed by atoms with Gasteiger partial charge in [0.15, 0.2) is 0 Å². The van der Waals surface area contributed by atoms with Crippen LogP contribution in [0, 0.1) is 17.1 Å². The average molecular weight is 326 g/mol. The van der Waals surface area contributed by atoms with E-state index in [4.69, 9.17) is 16.9 Å². The van der Waals surface area contributed by atoms with Crippen molar-refractivity contribution in [1.29, 1.82) is 5.26 Å². The fourth-order valence-electron chi connectivity index (χ4n) is 1.42. The van der Waals surface area contributed by atoms with Crippen LogP contribution >= 0.6 is 27.5 Å². The first kappa shape index (κ1) is 12.9. The Morgan fingerprint density at radius 2 is 1.94 bits per heavy atom. The lowest BCUT2D eigenvalue weighted by molar-refractivity contribution is 0.631. The maximum absolute atomic E-state index is 13.7. The van der Waals surface area contributed by atoms with Crippen LogP contribution in [0.25, 0.3) is 0 Å². The Balaban J connectivity index is 2.34. The van der Waals surface area contributed by atoms with Crippen LogP contribution < -0.4 is 5.32 Å². The molecule has 0 saturated carbocycles. The summed E-state index contributed by atoms with van der Waals surface area (Å²) < 4.78 is 14.5. The second kappa shape index (κ2) is 5.38. The first-order chi connectivity index (χ1) is 8.60. The monoisotopic (exact) mass is 324 g/mol. The van der Waals surface area contributed by atoms with Crippen LogP contribution in [0.2, 0.25) is 5.02 Å². The number of hydrogen-bond donors (Lipinski definition) is 1. The van der Waals surface area contributed by atoms with Crippen molar-refractivity contribution in [3.05, 3.63) is 57.3 Å². The maximum atomic E-state index is 13.7. The molecule has 0 aliphatic heterocycles. The Bertz CT molecular complexity index is 637. The van der Waals surface area contributed by atoms with Crippen molar-refractivity contribution >= 4 is 38.9 Å². The summed E-state index contributed by atoms with van der Waals surface area (Å²) in [6.45, 7) is 0. The summed E-state index contributed by atoms with van der Waals surface area (Å²) in [5, 5.41) is 12.0. The largest absolute Gasteiger partial charge is 0.352 e. The molecule has 0 aliphatic carbocycles. The third-order valence-electron chi connectivity index (χ3n) is 2.30. The molecule has 0 heterocycles. The Morgan fingerprint density at radius 3 is 2.61 bits per heavy atom. The van der Waals surface area contributed by atoms with Crippen molar-refractivity contribution in [2.75, 3.05) is 5.32 Å². The summed E-state index contributed by atoms with van der Waals surface area (Å²) in [6, 6.07) is 11.3. The van der Waals surface area contributed by atoms with Gasteiger partial charge in [-0.25, -0.2) is 4.39 Å². The van der Waals surface area contributed by atoms with E-state index in [0.717, 1.165) is 4.47 Å². The van der Waals surface area contributed by atoms with Crippen LogP contribution in [0.4, 0.5) is 15.8 Å². The molecule has 2 nitrogen and oxygen atoms in total. The summed E-state index contributed by atoms with van der Waals surface area (Å²) in [6.07, 6.45) is 0. The van der Waals surface area contributed by atoms with Crippen LogP contribution in [0.3, 0.4) is 0 Å². The number of rotatable bonds is 2. The quantitative estimate of drug-likeness (QED) is 0.856. The zero-order chi connectivity index (χ0) is 13.1. The second-order valence-corrected chi connectivity index (χ2v) is 4.88. The predicted octanol–water partition coefficient (Wildman–Crippen LogP) is 4.86. The van der Waals surface area contributed by atoms with Gasteiger partial charge in [-0.3, -0.25) is 0 Å². The normalized spacial score (nSPS) is 9.89. The van der Waals surface area contributed by atoms with E-state index in [9.17, 15) is 4.39 Å². The third-order valence-corrected chi connectivity index (χ3v) is 3.12. The molecule has 0 fully saturated rings. The first-order valence-corrected chi connectivity index (χ1v) is 6.19. The van der Waals surface area contributed by atoms with Crippen LogP contribution in [0.5, 0.6) is 0 Å². The molecule has 18 heavy (non-hydrogen) atoms. The number of benzene rings is 2. The minimum atomic E-state index is -0.495. The number of anilines is 2. The number of halogens is 3. The lowest BCUT2D eigenvalue weighted by Gasteiger charge is -2.09. The maximum Gasteiger partial charge on any atom is 0.147 e. The van der Waals surface area contributed by atoms with Gasteiger partial charge in [0, 0.05) is 4.47 Å². The smallest absolute Gasteiger partial charge is 0.147 e. The fraction of sp³-hybridized carbons (Fsp3) is 0. The predicted molar refractivity (Wildman–Crippen MR) is 73.5 cm³/mol. The van der Waals surface area contributed by atoms with Gasteiger partial charge in [0.2, 0.25) is 0 Å². The Hall–Kier alpha value is -1.57. The molecule has 0 saturated heterocycles. The van der Waals surface area contributed by atoms with E-state index in [-0.39, 0.29) is 11.3 Å². The van der Waals surface area contributed by atoms with Gasteiger partial charge < -0.3 is 5.32 Å². The van der Waals surface area contributed by atoms with Crippen LogP contribution in [-0.4, -0.2) is 0 Å². The molecule has 0 aromatic heterocycles. The van der Waals surface area contributed by atoms with Crippen molar-refractivity contribution in [3.63, 3.8) is 0 Å². The molecule has 90 valence electrons. The van der Waals surface area contributed by atoms with Gasteiger partial charge in [-0.2, -0.15) is 5.26 Å². The zero-order valence-corrected chi connectivity index (χ0v) is 11.4. The topological polar surface area (TPSA) is 35.8 Å². The van der Waals surface area contributed by atoms with Gasteiger partial charge in [-0.1, -0.05) is 27.5 Å². The molecule has 5 heteroatoms. The number of nitrogens with zero attached hydrogens (tertiary/aromatic N) is 1. The third kappa shape index (κ3) is 2.81. The van der Waals surface area contributed by atoms with E-state index < -0.39 is 5.82 Å². The highest BCUT2D eigenvalue weighted by Gasteiger charge is 2.06. The minimum Gasteiger partial charge on any atom is -0.352 e. The summed E-state index contributed by atoms with van der Waals surface area (Å²) >= 11 is 9.31. The molecule has 0 amide bonds. The summed E-state index contributed by atoms with van der Waals surface area (Å²) in [4.78, 5) is 0. The van der Waals surface area contributed by atoms with E-state index in [0.29, 0.717) is 10.7 Å². The van der Waals surface area contributed by atoms with Crippen LogP contribution in [0.15, 0.2) is 40.9 Å². The highest BCUT2D eigenvalue weighted by molar-refractivity contribution is 9.10. The van der Waals surface area contributed by atoms with Gasteiger partial charge in [0.1, 0.15) is 5.82 Å². The molecule has 1 N–H and O–H groups in total. The highest BCUT2D eigenvalue weighted by atomic mass is 79.9. The van der Waals surface area contributed by atoms with E-state index in [1.54, 1.807) is 18.2 Å². The lowest BCUT2D eigenvalue weighted by atomic mass is 10.2. The highest BCUT2D eigenvalue weighted by Crippen LogP contribution is 2.29. The van der Waals surface area contributed by atoms with Crippen molar-refractivity contribution in [1.82, 2.24) is 0 Å². The number of nitriles is 1. The van der Waals surface area contributed by atoms with E-state index >= 15 is 0 Å². The summed E-state index contributed by atoms with van der Waals surface area (Å²) in [7, 11) is 0. The first-order valence-electron chi connectivity index (χ1n) is 5.02. The SMILES string of the molecule is N#Cc1ccc(Nc2cc(Br)ccc2Cl)c(F)c1. The molecular formula is C13H7BrClFN2. The molecule has 0 unspecified atom stereocenters. The molecular weight excluding hydrogens is 319 g/mol. The van der Waals surface area contributed by atoms with Crippen molar-refractivity contribution in [2.45, 2.75) is 0 Å². The van der Waals surface area contributed by atoms with Gasteiger partial charge in [-0.05, 0) is 36.4 Å². The Morgan fingerprint density at radius 1 is 1.17 bits per heavy atom. The standard InChI is InChI=1S/C13H7BrClFN2/c14-9-2-3-10(15)13(6-9)18-12-4-1-8(7-17)5-11(12)16/h1-6,18H. The molecule has 2 aromatic carbocycles. The lowest BCUT2D eigenvalue weighted by Crippen LogP contribution is -1.95. The van der Waals surface area contributed by atoms with E-state index in [1.165, 1.54) is 18.2 Å². The van der Waals surface area contributed by atoms with Gasteiger partial charge in [-0.15, -0.1) is 0 Å². The van der Waals surface area contributed by atoms with Crippen LogP contribution in [-0.2, 0) is 0 Å². The van der Waals surface area contributed by atoms with Crippen molar-refractivity contribution in [2.24, 2.45) is 0 Å². The Labute approximate surface area is 117 Å². The molecule has 0 spiro atoms. The number of nitrogens with one attached hydrogen (secondary N) is 1. The van der Waals surface area contributed by atoms with Crippen molar-refractivity contribution in [3.8, 4) is 6.07 Å². The van der Waals surface area contributed by atoms with E-state index in [1.807, 2.05) is 6.07 Å². The minimum absolute atomic E-state index is 0.272. The molecule has 0 radical (unpaired) electrons. The van der Waals surface area contributed by atoms with Gasteiger partial charge in [0.05, 0.1) is 28.0 Å². The molecule has 0 atom stereocenters. The van der Waals surface area contributed by atoms with E-state index in [2.05, 4.69) is 21.2 Å². The molecule has 0 bridgehead atoms. The summed E-state index contributed by atoms with van der Waals surface area (Å²) in [5.41, 5.74) is 1.14. The van der Waals surface area contributed by atoms with Gasteiger partial charge in [0.25, 0.3) is 0 Å². The molecule has 2 aromatic rings. The second-order valence-electron chi connectivity index (χ2n) is 3.56. The van der Waals surface area contributed by atoms with Crippen molar-refractivity contribution < 1.29 is 4.39 Å². The molecule has 2 rings (SSSR count). The van der Waals surface area contributed by atoms with Gasteiger partial charge >= 0.3 is 0 Å². The average Bonchev–Trinajstić information content (AvgIpc) is 2.36. The fourth-order valence-corrected chi connectivity index (χ4v) is 1.95. The zero-order valence-electron chi connectivity index (χ0n) is 9.05. The Kier molecular flexibility index (Phi) is 3.85. The number of hydrogen-bond acceptors (Lipinski definition) is 2.